The summed E-state index contributed by atoms with van der Waals surface area (Å²) in [5.74, 6) is 0.223. The highest BCUT2D eigenvalue weighted by molar-refractivity contribution is 9.12. The van der Waals surface area contributed by atoms with E-state index in [-0.39, 0.29) is 22.3 Å². The molecule has 0 saturated carbocycles. The van der Waals surface area contributed by atoms with E-state index in [1.165, 1.54) is 5.57 Å². The van der Waals surface area contributed by atoms with E-state index in [2.05, 4.69) is 31.2 Å². The minimum absolute atomic E-state index is 0.00444. The predicted octanol–water partition coefficient (Wildman–Crippen LogP) is 0.234. The van der Waals surface area contributed by atoms with Crippen LogP contribution < -0.4 is 20.9 Å². The van der Waals surface area contributed by atoms with Gasteiger partial charge in [-0.25, -0.2) is 4.99 Å². The molecule has 2 atom stereocenters. The average molecular weight is 415 g/mol. The summed E-state index contributed by atoms with van der Waals surface area (Å²) >= 11 is 5.12. The SMILES string of the molecule is O=C1C=C2SC3C[C@]2(C=C1Br)c1c(c(O)c2c4c1=[NH+]CCC=4C=N2)N3. The first-order valence-electron chi connectivity index (χ1n) is 8.24. The molecule has 0 amide bonds. The zero-order valence-electron chi connectivity index (χ0n) is 13.0. The molecule has 1 aliphatic carbocycles. The lowest BCUT2D eigenvalue weighted by molar-refractivity contribution is -0.501. The number of anilines is 1. The maximum absolute atomic E-state index is 12.2. The van der Waals surface area contributed by atoms with Gasteiger partial charge in [-0.2, -0.15) is 0 Å². The minimum atomic E-state index is -0.372. The Kier molecular flexibility index (Phi) is 2.55. The molecule has 0 radical (unpaired) electrons. The Morgan fingerprint density at radius 3 is 3.24 bits per heavy atom. The van der Waals surface area contributed by atoms with Crippen molar-refractivity contribution in [2.75, 3.05) is 11.9 Å². The van der Waals surface area contributed by atoms with Gasteiger partial charge in [0.25, 0.3) is 0 Å². The van der Waals surface area contributed by atoms with E-state index in [1.807, 2.05) is 12.3 Å². The molecule has 25 heavy (non-hydrogen) atoms. The second-order valence-electron chi connectivity index (χ2n) is 6.95. The fraction of sp³-hybridized carbons (Fsp3) is 0.278. The second kappa shape index (κ2) is 4.45. The van der Waals surface area contributed by atoms with Crippen LogP contribution in [0.2, 0.25) is 0 Å². The second-order valence-corrected chi connectivity index (χ2v) is 9.05. The average Bonchev–Trinajstić information content (AvgIpc) is 3.13. The number of nitrogens with one attached hydrogen (secondary N) is 2. The molecule has 124 valence electrons. The first-order valence-corrected chi connectivity index (χ1v) is 9.91. The summed E-state index contributed by atoms with van der Waals surface area (Å²) in [6.07, 6.45) is 7.41. The minimum Gasteiger partial charge on any atom is -0.504 e. The first-order chi connectivity index (χ1) is 12.1. The van der Waals surface area contributed by atoms with Crippen molar-refractivity contribution in [1.29, 1.82) is 0 Å². The monoisotopic (exact) mass is 414 g/mol. The Bertz CT molecular complexity index is 1130. The van der Waals surface area contributed by atoms with Crippen LogP contribution in [-0.4, -0.2) is 29.0 Å². The number of aromatic hydroxyl groups is 1. The van der Waals surface area contributed by atoms with E-state index in [0.29, 0.717) is 10.2 Å². The van der Waals surface area contributed by atoms with E-state index >= 15 is 0 Å². The molecule has 1 saturated heterocycles. The zero-order valence-corrected chi connectivity index (χ0v) is 15.4. The van der Waals surface area contributed by atoms with Crippen molar-refractivity contribution in [2.45, 2.75) is 23.6 Å². The quantitative estimate of drug-likeness (QED) is 0.531. The molecule has 4 heterocycles. The van der Waals surface area contributed by atoms with Crippen LogP contribution in [0.3, 0.4) is 0 Å². The third-order valence-corrected chi connectivity index (χ3v) is 7.58. The van der Waals surface area contributed by atoms with Gasteiger partial charge in [0.05, 0.1) is 31.7 Å². The van der Waals surface area contributed by atoms with Crippen LogP contribution in [0.25, 0.3) is 5.57 Å². The van der Waals surface area contributed by atoms with E-state index in [0.717, 1.165) is 46.1 Å². The van der Waals surface area contributed by atoms with E-state index in [9.17, 15) is 9.90 Å². The molecule has 1 spiro atoms. The first kappa shape index (κ1) is 14.3. The Morgan fingerprint density at radius 1 is 1.48 bits per heavy atom. The van der Waals surface area contributed by atoms with E-state index in [1.54, 1.807) is 17.8 Å². The van der Waals surface area contributed by atoms with Gasteiger partial charge in [0.1, 0.15) is 12.2 Å². The van der Waals surface area contributed by atoms with Gasteiger partial charge in [0.2, 0.25) is 5.36 Å². The van der Waals surface area contributed by atoms with E-state index < -0.39 is 0 Å². The molecule has 6 rings (SSSR count). The van der Waals surface area contributed by atoms with Gasteiger partial charge in [-0.1, -0.05) is 6.08 Å². The molecule has 3 N–H and O–H groups in total. The van der Waals surface area contributed by atoms with Crippen molar-refractivity contribution < 1.29 is 14.9 Å². The molecule has 1 fully saturated rings. The molecule has 1 aromatic rings. The lowest BCUT2D eigenvalue weighted by Crippen LogP contribution is -2.83. The summed E-state index contributed by atoms with van der Waals surface area (Å²) in [5, 5.41) is 16.6. The number of aliphatic imine (C=N–C) groups is 1. The predicted molar refractivity (Wildman–Crippen MR) is 99.9 cm³/mol. The van der Waals surface area contributed by atoms with Crippen LogP contribution in [0.1, 0.15) is 18.4 Å². The van der Waals surface area contributed by atoms with Crippen molar-refractivity contribution in [3.63, 3.8) is 0 Å². The Balaban J connectivity index is 1.81. The Morgan fingerprint density at radius 2 is 2.36 bits per heavy atom. The van der Waals surface area contributed by atoms with Crippen LogP contribution in [-0.2, 0) is 10.2 Å². The standard InChI is InChI=1S/C18H12BrN3O2S/c19-8-4-18-5-11(25-10(18)3-9(8)23)22-16-13(18)14-12-7(1-2-20-14)6-21-15(12)17(16)24/h3-4,6,11,22,24H,1-2,5H2/p+1/t11?,18-/m0/s1. The lowest BCUT2D eigenvalue weighted by atomic mass is 9.71. The topological polar surface area (TPSA) is 75.7 Å². The van der Waals surface area contributed by atoms with Crippen molar-refractivity contribution in [2.24, 2.45) is 4.99 Å². The summed E-state index contributed by atoms with van der Waals surface area (Å²) in [6.45, 7) is 0.848. The Labute approximate surface area is 155 Å². The van der Waals surface area contributed by atoms with Crippen LogP contribution in [0.4, 0.5) is 11.4 Å². The third kappa shape index (κ3) is 1.59. The van der Waals surface area contributed by atoms with Crippen molar-refractivity contribution in [3.05, 3.63) is 37.7 Å². The highest BCUT2D eigenvalue weighted by Crippen LogP contribution is 2.60. The summed E-state index contributed by atoms with van der Waals surface area (Å²) in [4.78, 5) is 21.3. The largest absolute Gasteiger partial charge is 0.504 e. The van der Waals surface area contributed by atoms with Gasteiger partial charge < -0.3 is 10.4 Å². The maximum Gasteiger partial charge on any atom is 0.215 e. The molecule has 1 unspecified atom stereocenters. The van der Waals surface area contributed by atoms with Crippen LogP contribution in [0.5, 0.6) is 5.75 Å². The van der Waals surface area contributed by atoms with Gasteiger partial charge in [0, 0.05) is 17.5 Å². The Hall–Kier alpha value is -1.86. The summed E-state index contributed by atoms with van der Waals surface area (Å²) in [7, 11) is 0. The normalized spacial score (nSPS) is 30.0. The van der Waals surface area contributed by atoms with E-state index in [4.69, 9.17) is 0 Å². The summed E-state index contributed by atoms with van der Waals surface area (Å²) < 4.78 is 0.591. The number of nitrogens with zero attached hydrogens (tertiary/aromatic N) is 1. The summed E-state index contributed by atoms with van der Waals surface area (Å²) in [6, 6.07) is 0. The molecule has 4 aliphatic heterocycles. The number of allylic oxidation sites excluding steroid dienone is 4. The molecule has 1 aromatic carbocycles. The number of carbonyl (C=O) groups is 1. The van der Waals surface area contributed by atoms with Gasteiger partial charge in [-0.3, -0.25) is 9.79 Å². The molecule has 5 aliphatic rings. The van der Waals surface area contributed by atoms with Crippen LogP contribution >= 0.6 is 27.7 Å². The van der Waals surface area contributed by atoms with Crippen molar-refractivity contribution in [1.82, 2.24) is 0 Å². The number of thioether (sulfide) groups is 1. The van der Waals surface area contributed by atoms with Gasteiger partial charge in [-0.05, 0) is 34.0 Å². The number of hydrogen-bond donors (Lipinski definition) is 3. The van der Waals surface area contributed by atoms with Crippen LogP contribution in [0, 0.1) is 0 Å². The third-order valence-electron chi connectivity index (χ3n) is 5.65. The van der Waals surface area contributed by atoms with Gasteiger partial charge in [-0.15, -0.1) is 11.8 Å². The van der Waals surface area contributed by atoms with Gasteiger partial charge in [0.15, 0.2) is 11.5 Å². The number of benzene rings is 1. The highest BCUT2D eigenvalue weighted by Gasteiger charge is 2.54. The number of fused-ring (bicyclic) bond motifs is 3. The molecular formula is C18H13BrN3O2S+. The number of carbonyl (C=O) groups excluding carboxylic acids is 1. The fourth-order valence-corrected chi connectivity index (χ4v) is 6.61. The van der Waals surface area contributed by atoms with Crippen molar-refractivity contribution >= 4 is 56.6 Å². The number of hydrogen-bond acceptors (Lipinski definition) is 5. The number of phenols is 1. The highest BCUT2D eigenvalue weighted by atomic mass is 79.9. The summed E-state index contributed by atoms with van der Waals surface area (Å²) in [5.41, 5.74) is 3.25. The number of halogens is 1. The molecule has 5 nitrogen and oxygen atoms in total. The lowest BCUT2D eigenvalue weighted by Gasteiger charge is -2.34. The molecule has 0 aromatic heterocycles. The van der Waals surface area contributed by atoms with Crippen LogP contribution in [0.15, 0.2) is 26.5 Å². The maximum atomic E-state index is 12.2. The fourth-order valence-electron chi connectivity index (χ4n) is 4.64. The number of rotatable bonds is 0. The molecule has 2 bridgehead atoms. The zero-order chi connectivity index (χ0) is 16.9. The molecule has 7 heteroatoms. The smallest absolute Gasteiger partial charge is 0.215 e. The number of ketones is 1. The molecular weight excluding hydrogens is 402 g/mol. The van der Waals surface area contributed by atoms with Crippen molar-refractivity contribution in [3.8, 4) is 5.75 Å². The van der Waals surface area contributed by atoms with Gasteiger partial charge >= 0.3 is 0 Å². The number of phenolic OH excluding ortho intramolecular Hbond substituents is 1.